The van der Waals surface area contributed by atoms with Crippen molar-refractivity contribution in [2.45, 2.75) is 97.0 Å². The van der Waals surface area contributed by atoms with Crippen molar-refractivity contribution in [1.82, 2.24) is 5.32 Å². The Morgan fingerprint density at radius 2 is 1.96 bits per heavy atom. The highest BCUT2D eigenvalue weighted by molar-refractivity contribution is 5.68. The molecule has 0 fully saturated rings. The second kappa shape index (κ2) is 11.5. The van der Waals surface area contributed by atoms with Crippen LogP contribution in [0.2, 0.25) is 0 Å². The Morgan fingerprint density at radius 1 is 1.26 bits per heavy atom. The average Bonchev–Trinajstić information content (AvgIpc) is 2.55. The number of amides is 1. The minimum absolute atomic E-state index is 0.000180. The Bertz CT molecular complexity index is 507. The van der Waals surface area contributed by atoms with Gasteiger partial charge in [-0.2, -0.15) is 0 Å². The number of alkyl carbamates (subject to hydrolysis) is 1. The third-order valence-electron chi connectivity index (χ3n) is 4.80. The predicted octanol–water partition coefficient (Wildman–Crippen LogP) is 4.75. The SMILES string of the molecule is CO[C@H]1/C=C/CCCC[C@@H](NC(=O)OC(C)(C)C)CC/C(C)=C\[C@@H](C)[C@@H]1O. The molecule has 156 valence electrons. The van der Waals surface area contributed by atoms with Gasteiger partial charge < -0.3 is 19.9 Å². The predicted molar refractivity (Wildman–Crippen MR) is 110 cm³/mol. The van der Waals surface area contributed by atoms with Crippen molar-refractivity contribution in [1.29, 1.82) is 0 Å². The highest BCUT2D eigenvalue weighted by atomic mass is 16.6. The number of rotatable bonds is 2. The van der Waals surface area contributed by atoms with E-state index in [2.05, 4.69) is 24.4 Å². The normalized spacial score (nSPS) is 31.9. The first-order valence-corrected chi connectivity index (χ1v) is 10.2. The molecule has 0 aromatic rings. The summed E-state index contributed by atoms with van der Waals surface area (Å²) in [7, 11) is 1.64. The second-order valence-corrected chi connectivity index (χ2v) is 8.66. The van der Waals surface area contributed by atoms with Gasteiger partial charge in [-0.25, -0.2) is 4.79 Å². The van der Waals surface area contributed by atoms with E-state index in [9.17, 15) is 9.90 Å². The van der Waals surface area contributed by atoms with Crippen molar-refractivity contribution in [3.8, 4) is 0 Å². The first-order valence-electron chi connectivity index (χ1n) is 10.2. The van der Waals surface area contributed by atoms with Gasteiger partial charge in [0.25, 0.3) is 0 Å². The summed E-state index contributed by atoms with van der Waals surface area (Å²) in [6, 6.07) is 0.0991. The maximum Gasteiger partial charge on any atom is 0.407 e. The van der Waals surface area contributed by atoms with Crippen LogP contribution in [0, 0.1) is 5.92 Å². The first kappa shape index (κ1) is 23.7. The Morgan fingerprint density at radius 3 is 2.59 bits per heavy atom. The number of carbonyl (C=O) groups excluding carboxylic acids is 1. The molecule has 1 aliphatic rings. The molecule has 0 heterocycles. The summed E-state index contributed by atoms with van der Waals surface area (Å²) in [6.45, 7) is 9.71. The van der Waals surface area contributed by atoms with Gasteiger partial charge in [0, 0.05) is 19.1 Å². The molecule has 4 atom stereocenters. The van der Waals surface area contributed by atoms with Crippen LogP contribution in [0.15, 0.2) is 23.8 Å². The molecule has 0 saturated carbocycles. The van der Waals surface area contributed by atoms with Gasteiger partial charge >= 0.3 is 6.09 Å². The lowest BCUT2D eigenvalue weighted by Gasteiger charge is -2.25. The van der Waals surface area contributed by atoms with Crippen LogP contribution in [-0.4, -0.2) is 42.2 Å². The van der Waals surface area contributed by atoms with Gasteiger partial charge in [-0.05, 0) is 59.8 Å². The summed E-state index contributed by atoms with van der Waals surface area (Å²) >= 11 is 0. The molecule has 5 nitrogen and oxygen atoms in total. The topological polar surface area (TPSA) is 67.8 Å². The van der Waals surface area contributed by atoms with Crippen LogP contribution in [0.3, 0.4) is 0 Å². The summed E-state index contributed by atoms with van der Waals surface area (Å²) in [6.07, 6.45) is 10.7. The molecule has 0 bridgehead atoms. The zero-order chi connectivity index (χ0) is 20.4. The maximum atomic E-state index is 12.1. The summed E-state index contributed by atoms with van der Waals surface area (Å²) in [5.74, 6) is -0.000180. The monoisotopic (exact) mass is 381 g/mol. The van der Waals surface area contributed by atoms with Gasteiger partial charge in [0.1, 0.15) is 11.7 Å². The zero-order valence-corrected chi connectivity index (χ0v) is 18.0. The van der Waals surface area contributed by atoms with E-state index in [1.165, 1.54) is 5.57 Å². The molecular weight excluding hydrogens is 342 g/mol. The summed E-state index contributed by atoms with van der Waals surface area (Å²) in [5, 5.41) is 13.6. The third-order valence-corrected chi connectivity index (χ3v) is 4.80. The highest BCUT2D eigenvalue weighted by Crippen LogP contribution is 2.20. The van der Waals surface area contributed by atoms with E-state index in [-0.39, 0.29) is 24.2 Å². The lowest BCUT2D eigenvalue weighted by molar-refractivity contribution is -0.00188. The van der Waals surface area contributed by atoms with E-state index in [4.69, 9.17) is 9.47 Å². The number of allylic oxidation sites excluding steroid dienone is 2. The first-order chi connectivity index (χ1) is 12.6. The number of hydrogen-bond acceptors (Lipinski definition) is 4. The standard InChI is InChI=1S/C22H39NO4/c1-16-13-14-18(23-21(25)27-22(3,4)5)11-9-7-8-10-12-19(26-6)20(24)17(2)15-16/h10,12,15,17-20,24H,7-9,11,13-14H2,1-6H3,(H,23,25)/b12-10+,16-15-/t17-,18-,19+,20+/m1/s1. The van der Waals surface area contributed by atoms with Crippen LogP contribution in [0.1, 0.15) is 73.1 Å². The molecule has 0 aromatic carbocycles. The molecule has 27 heavy (non-hydrogen) atoms. The summed E-state index contributed by atoms with van der Waals surface area (Å²) in [5.41, 5.74) is 0.726. The van der Waals surface area contributed by atoms with Gasteiger partial charge in [0.2, 0.25) is 0 Å². The molecule has 0 spiro atoms. The van der Waals surface area contributed by atoms with Crippen LogP contribution in [-0.2, 0) is 9.47 Å². The van der Waals surface area contributed by atoms with Crippen molar-refractivity contribution < 1.29 is 19.4 Å². The molecule has 5 heteroatoms. The summed E-state index contributed by atoms with van der Waals surface area (Å²) < 4.78 is 10.9. The largest absolute Gasteiger partial charge is 0.444 e. The van der Waals surface area contributed by atoms with Crippen molar-refractivity contribution in [2.75, 3.05) is 7.11 Å². The number of nitrogens with one attached hydrogen (secondary N) is 1. The zero-order valence-electron chi connectivity index (χ0n) is 18.0. The molecule has 0 radical (unpaired) electrons. The van der Waals surface area contributed by atoms with Crippen molar-refractivity contribution in [3.63, 3.8) is 0 Å². The van der Waals surface area contributed by atoms with Crippen molar-refractivity contribution in [2.24, 2.45) is 5.92 Å². The number of ether oxygens (including phenoxy) is 2. The van der Waals surface area contributed by atoms with Gasteiger partial charge in [-0.15, -0.1) is 0 Å². The number of aliphatic hydroxyl groups excluding tert-OH is 1. The molecule has 1 amide bonds. The minimum Gasteiger partial charge on any atom is -0.444 e. The Labute approximate surface area is 165 Å². The van der Waals surface area contributed by atoms with Crippen LogP contribution in [0.25, 0.3) is 0 Å². The Kier molecular flexibility index (Phi) is 10.1. The molecule has 0 aliphatic heterocycles. The van der Waals surface area contributed by atoms with Crippen LogP contribution < -0.4 is 5.32 Å². The average molecular weight is 382 g/mol. The number of hydrogen-bond donors (Lipinski definition) is 2. The van der Waals surface area contributed by atoms with E-state index < -0.39 is 11.7 Å². The fourth-order valence-electron chi connectivity index (χ4n) is 3.31. The summed E-state index contributed by atoms with van der Waals surface area (Å²) in [4.78, 5) is 12.1. The fraction of sp³-hybridized carbons (Fsp3) is 0.773. The van der Waals surface area contributed by atoms with Gasteiger partial charge in [-0.1, -0.05) is 37.1 Å². The molecule has 0 saturated heterocycles. The van der Waals surface area contributed by atoms with Crippen LogP contribution in [0.5, 0.6) is 0 Å². The fourth-order valence-corrected chi connectivity index (χ4v) is 3.31. The van der Waals surface area contributed by atoms with Crippen LogP contribution in [0.4, 0.5) is 4.79 Å². The quantitative estimate of drug-likeness (QED) is 0.678. The molecular formula is C22H39NO4. The third kappa shape index (κ3) is 9.96. The van der Waals surface area contributed by atoms with Crippen LogP contribution >= 0.6 is 0 Å². The van der Waals surface area contributed by atoms with E-state index in [0.717, 1.165) is 38.5 Å². The van der Waals surface area contributed by atoms with E-state index in [1.807, 2.05) is 33.8 Å². The molecule has 0 aromatic heterocycles. The lowest BCUT2D eigenvalue weighted by atomic mass is 9.93. The molecule has 2 N–H and O–H groups in total. The van der Waals surface area contributed by atoms with Crippen molar-refractivity contribution in [3.05, 3.63) is 23.8 Å². The Hall–Kier alpha value is -1.33. The second-order valence-electron chi connectivity index (χ2n) is 8.66. The smallest absolute Gasteiger partial charge is 0.407 e. The van der Waals surface area contributed by atoms with Crippen molar-refractivity contribution >= 4 is 6.09 Å². The minimum atomic E-state index is -0.570. The van der Waals surface area contributed by atoms with E-state index in [0.29, 0.717) is 0 Å². The molecule has 0 unspecified atom stereocenters. The van der Waals surface area contributed by atoms with Gasteiger partial charge in [0.05, 0.1) is 6.10 Å². The molecule has 1 rings (SSSR count). The van der Waals surface area contributed by atoms with E-state index in [1.54, 1.807) is 7.11 Å². The number of aliphatic hydroxyl groups is 1. The van der Waals surface area contributed by atoms with E-state index >= 15 is 0 Å². The van der Waals surface area contributed by atoms with Gasteiger partial charge in [0.15, 0.2) is 0 Å². The number of carbonyl (C=O) groups is 1. The molecule has 1 aliphatic carbocycles. The van der Waals surface area contributed by atoms with Gasteiger partial charge in [-0.3, -0.25) is 0 Å². The number of methoxy groups -OCH3 is 1. The maximum absolute atomic E-state index is 12.1. The Balaban J connectivity index is 2.79. The lowest BCUT2D eigenvalue weighted by Crippen LogP contribution is -2.39. The highest BCUT2D eigenvalue weighted by Gasteiger charge is 2.22.